The lowest BCUT2D eigenvalue weighted by molar-refractivity contribution is -0.129. The van der Waals surface area contributed by atoms with E-state index < -0.39 is 0 Å². The second-order valence-corrected chi connectivity index (χ2v) is 4.36. The van der Waals surface area contributed by atoms with Crippen LogP contribution < -0.4 is 10.5 Å². The van der Waals surface area contributed by atoms with Gasteiger partial charge < -0.3 is 15.4 Å². The van der Waals surface area contributed by atoms with Gasteiger partial charge in [0.2, 0.25) is 5.91 Å². The number of halogens is 1. The van der Waals surface area contributed by atoms with Gasteiger partial charge in [-0.15, -0.1) is 0 Å². The minimum atomic E-state index is -0.388. The normalized spacial score (nSPS) is 12.1. The molecule has 5 heteroatoms. The molecule has 0 aliphatic heterocycles. The van der Waals surface area contributed by atoms with Crippen molar-refractivity contribution in [1.29, 1.82) is 0 Å². The Hall–Kier alpha value is -1.62. The molecule has 0 fully saturated rings. The van der Waals surface area contributed by atoms with Gasteiger partial charge in [0, 0.05) is 31.8 Å². The van der Waals surface area contributed by atoms with Crippen molar-refractivity contribution in [2.24, 2.45) is 5.73 Å². The van der Waals surface area contributed by atoms with Crippen LogP contribution in [0.4, 0.5) is 4.39 Å². The summed E-state index contributed by atoms with van der Waals surface area (Å²) in [5.41, 5.74) is 6.06. The molecule has 0 aliphatic carbocycles. The molecule has 2 N–H and O–H groups in total. The summed E-state index contributed by atoms with van der Waals surface area (Å²) in [4.78, 5) is 12.8. The summed E-state index contributed by atoms with van der Waals surface area (Å²) in [6.45, 7) is 1.95. The van der Waals surface area contributed by atoms with E-state index in [1.165, 1.54) is 11.0 Å². The Morgan fingerprint density at radius 2 is 2.17 bits per heavy atom. The van der Waals surface area contributed by atoms with Crippen LogP contribution in [0, 0.1) is 5.82 Å². The van der Waals surface area contributed by atoms with Gasteiger partial charge in [-0.3, -0.25) is 4.79 Å². The van der Waals surface area contributed by atoms with Gasteiger partial charge in [-0.2, -0.15) is 0 Å². The van der Waals surface area contributed by atoms with Crippen LogP contribution >= 0.6 is 0 Å². The third-order valence-electron chi connectivity index (χ3n) is 2.55. The molecule has 1 aromatic carbocycles. The number of nitrogens with two attached hydrogens (primary N) is 1. The number of hydrogen-bond donors (Lipinski definition) is 1. The van der Waals surface area contributed by atoms with Gasteiger partial charge in [-0.1, -0.05) is 6.07 Å². The number of benzene rings is 1. The second kappa shape index (κ2) is 6.35. The Kier molecular flexibility index (Phi) is 5.09. The Morgan fingerprint density at radius 3 is 2.67 bits per heavy atom. The number of amides is 1. The molecule has 1 rings (SSSR count). The van der Waals surface area contributed by atoms with Crippen molar-refractivity contribution < 1.29 is 13.9 Å². The number of carbonyl (C=O) groups excluding carboxylic acids is 1. The first kappa shape index (κ1) is 14.4. The van der Waals surface area contributed by atoms with Crippen molar-refractivity contribution in [3.8, 4) is 5.75 Å². The van der Waals surface area contributed by atoms with Crippen LogP contribution in [-0.4, -0.2) is 31.5 Å². The van der Waals surface area contributed by atoms with Crippen molar-refractivity contribution in [1.82, 2.24) is 4.90 Å². The van der Waals surface area contributed by atoms with Gasteiger partial charge in [0.05, 0.1) is 13.0 Å². The second-order valence-electron chi connectivity index (χ2n) is 4.36. The van der Waals surface area contributed by atoms with Crippen LogP contribution in [0.3, 0.4) is 0 Å². The van der Waals surface area contributed by atoms with Crippen LogP contribution in [-0.2, 0) is 4.79 Å². The predicted molar refractivity (Wildman–Crippen MR) is 67.8 cm³/mol. The van der Waals surface area contributed by atoms with E-state index in [9.17, 15) is 9.18 Å². The zero-order chi connectivity index (χ0) is 13.7. The summed E-state index contributed by atoms with van der Waals surface area (Å²) in [6.07, 6.45) is 0.268. The molecule has 1 aromatic rings. The summed E-state index contributed by atoms with van der Waals surface area (Å²) in [6, 6.07) is 4.19. The minimum Gasteiger partial charge on any atom is -0.493 e. The highest BCUT2D eigenvalue weighted by molar-refractivity contribution is 5.75. The standard InChI is InChI=1S/C13H19FN2O2/c1-9(15)11-5-4-10(8-12(11)14)18-7-6-13(17)16(2)3/h4-5,8-9H,6-7,15H2,1-3H3/t9-/m0/s1. The van der Waals surface area contributed by atoms with Crippen LogP contribution in [0.2, 0.25) is 0 Å². The maximum Gasteiger partial charge on any atom is 0.225 e. The first-order valence-corrected chi connectivity index (χ1v) is 5.79. The molecule has 0 saturated heterocycles. The maximum absolute atomic E-state index is 13.6. The molecule has 0 aliphatic rings. The van der Waals surface area contributed by atoms with Gasteiger partial charge in [0.25, 0.3) is 0 Å². The Labute approximate surface area is 107 Å². The zero-order valence-electron chi connectivity index (χ0n) is 10.9. The van der Waals surface area contributed by atoms with Gasteiger partial charge in [0.1, 0.15) is 11.6 Å². The lowest BCUT2D eigenvalue weighted by Crippen LogP contribution is -2.23. The zero-order valence-corrected chi connectivity index (χ0v) is 10.9. The average Bonchev–Trinajstić information content (AvgIpc) is 2.28. The van der Waals surface area contributed by atoms with E-state index in [0.717, 1.165) is 0 Å². The van der Waals surface area contributed by atoms with E-state index in [2.05, 4.69) is 0 Å². The van der Waals surface area contributed by atoms with Crippen LogP contribution in [0.5, 0.6) is 5.75 Å². The van der Waals surface area contributed by atoms with E-state index in [1.807, 2.05) is 0 Å². The van der Waals surface area contributed by atoms with Crippen molar-refractivity contribution in [3.63, 3.8) is 0 Å². The first-order valence-electron chi connectivity index (χ1n) is 5.79. The highest BCUT2D eigenvalue weighted by Gasteiger charge is 2.09. The van der Waals surface area contributed by atoms with Gasteiger partial charge in [-0.25, -0.2) is 4.39 Å². The molecule has 0 spiro atoms. The van der Waals surface area contributed by atoms with Gasteiger partial charge >= 0.3 is 0 Å². The van der Waals surface area contributed by atoms with Gasteiger partial charge in [0.15, 0.2) is 0 Å². The van der Waals surface area contributed by atoms with Gasteiger partial charge in [-0.05, 0) is 13.0 Å². The molecule has 0 heterocycles. The van der Waals surface area contributed by atoms with E-state index in [-0.39, 0.29) is 30.8 Å². The van der Waals surface area contributed by atoms with Crippen LogP contribution in [0.1, 0.15) is 24.9 Å². The number of nitrogens with zero attached hydrogens (tertiary/aromatic N) is 1. The molecule has 0 radical (unpaired) electrons. The first-order chi connectivity index (χ1) is 8.41. The summed E-state index contributed by atoms with van der Waals surface area (Å²) in [5.74, 6) is -0.00688. The molecule has 0 aromatic heterocycles. The van der Waals surface area contributed by atoms with Crippen LogP contribution in [0.25, 0.3) is 0 Å². The quantitative estimate of drug-likeness (QED) is 0.870. The van der Waals surface area contributed by atoms with Crippen LogP contribution in [0.15, 0.2) is 18.2 Å². The fraction of sp³-hybridized carbons (Fsp3) is 0.462. The molecule has 0 unspecified atom stereocenters. The van der Waals surface area contributed by atoms with E-state index >= 15 is 0 Å². The maximum atomic E-state index is 13.6. The lowest BCUT2D eigenvalue weighted by Gasteiger charge is -2.12. The molecule has 0 saturated carbocycles. The van der Waals surface area contributed by atoms with Crippen molar-refractivity contribution in [2.75, 3.05) is 20.7 Å². The number of ether oxygens (including phenoxy) is 1. The highest BCUT2D eigenvalue weighted by atomic mass is 19.1. The monoisotopic (exact) mass is 254 g/mol. The Balaban J connectivity index is 2.54. The molecule has 4 nitrogen and oxygen atoms in total. The smallest absolute Gasteiger partial charge is 0.225 e. The molecular weight excluding hydrogens is 235 g/mol. The predicted octanol–water partition coefficient (Wildman–Crippen LogP) is 1.70. The molecule has 0 bridgehead atoms. The molecule has 1 atom stereocenters. The van der Waals surface area contributed by atoms with E-state index in [1.54, 1.807) is 33.2 Å². The van der Waals surface area contributed by atoms with Crippen molar-refractivity contribution in [3.05, 3.63) is 29.6 Å². The lowest BCUT2D eigenvalue weighted by atomic mass is 10.1. The highest BCUT2D eigenvalue weighted by Crippen LogP contribution is 2.20. The fourth-order valence-corrected chi connectivity index (χ4v) is 1.45. The third kappa shape index (κ3) is 4.00. The molecule has 100 valence electrons. The summed E-state index contributed by atoms with van der Waals surface area (Å²) >= 11 is 0. The average molecular weight is 254 g/mol. The summed E-state index contributed by atoms with van der Waals surface area (Å²) in [7, 11) is 3.36. The molecule has 1 amide bonds. The van der Waals surface area contributed by atoms with Crippen molar-refractivity contribution >= 4 is 5.91 Å². The third-order valence-corrected chi connectivity index (χ3v) is 2.55. The summed E-state index contributed by atoms with van der Waals surface area (Å²) < 4.78 is 18.9. The fourth-order valence-electron chi connectivity index (χ4n) is 1.45. The largest absolute Gasteiger partial charge is 0.493 e. The molecule has 18 heavy (non-hydrogen) atoms. The van der Waals surface area contributed by atoms with E-state index in [4.69, 9.17) is 10.5 Å². The topological polar surface area (TPSA) is 55.6 Å². The minimum absolute atomic E-state index is 0.0253. The Bertz CT molecular complexity index is 419. The Morgan fingerprint density at radius 1 is 1.50 bits per heavy atom. The SMILES string of the molecule is C[C@H](N)c1ccc(OCCC(=O)N(C)C)cc1F. The number of hydrogen-bond acceptors (Lipinski definition) is 3. The molecular formula is C13H19FN2O2. The number of carbonyl (C=O) groups is 1. The number of rotatable bonds is 5. The summed E-state index contributed by atoms with van der Waals surface area (Å²) in [5, 5.41) is 0. The van der Waals surface area contributed by atoms with E-state index in [0.29, 0.717) is 11.3 Å². The van der Waals surface area contributed by atoms with Crippen molar-refractivity contribution in [2.45, 2.75) is 19.4 Å².